The lowest BCUT2D eigenvalue weighted by molar-refractivity contribution is -0.140. The molecule has 0 aliphatic rings. The molecule has 0 saturated heterocycles. The van der Waals surface area contributed by atoms with Gasteiger partial charge in [-0.3, -0.25) is 9.59 Å². The Hall–Kier alpha value is -2.36. The van der Waals surface area contributed by atoms with Crippen molar-refractivity contribution in [1.82, 2.24) is 4.57 Å². The molecule has 19 heavy (non-hydrogen) atoms. The number of rotatable bonds is 4. The number of carbonyl (C=O) groups excluding carboxylic acids is 1. The van der Waals surface area contributed by atoms with Crippen LogP contribution in [0.3, 0.4) is 0 Å². The van der Waals surface area contributed by atoms with E-state index in [4.69, 9.17) is 0 Å². The van der Waals surface area contributed by atoms with E-state index in [0.717, 1.165) is 11.1 Å². The van der Waals surface area contributed by atoms with Crippen LogP contribution in [-0.4, -0.2) is 17.6 Å². The Bertz CT molecular complexity index is 617. The number of benzene rings is 1. The zero-order valence-corrected chi connectivity index (χ0v) is 10.7. The lowest BCUT2D eigenvalue weighted by Gasteiger charge is -2.07. The molecular weight excluding hydrogens is 242 g/mol. The van der Waals surface area contributed by atoms with E-state index in [9.17, 15) is 9.59 Å². The standard InChI is InChI=1S/C15H15NO3/c1-19-15(18)9-10-16-11-13(7-8-14(16)17)12-5-3-2-4-6-12/h2-8,11H,9-10H2,1H3. The lowest BCUT2D eigenvalue weighted by Crippen LogP contribution is -2.20. The molecule has 1 aromatic carbocycles. The van der Waals surface area contributed by atoms with Crippen molar-refractivity contribution >= 4 is 5.97 Å². The van der Waals surface area contributed by atoms with Gasteiger partial charge in [-0.2, -0.15) is 0 Å². The van der Waals surface area contributed by atoms with Crippen LogP contribution in [0, 0.1) is 0 Å². The summed E-state index contributed by atoms with van der Waals surface area (Å²) in [4.78, 5) is 22.8. The Kier molecular flexibility index (Phi) is 4.13. The summed E-state index contributed by atoms with van der Waals surface area (Å²) in [5.41, 5.74) is 1.86. The van der Waals surface area contributed by atoms with Crippen molar-refractivity contribution < 1.29 is 9.53 Å². The summed E-state index contributed by atoms with van der Waals surface area (Å²) in [5.74, 6) is -0.322. The average Bonchev–Trinajstić information content (AvgIpc) is 2.47. The molecule has 0 amide bonds. The summed E-state index contributed by atoms with van der Waals surface area (Å²) >= 11 is 0. The first kappa shape index (κ1) is 13.1. The second-order valence-corrected chi connectivity index (χ2v) is 4.14. The van der Waals surface area contributed by atoms with Crippen molar-refractivity contribution in [2.75, 3.05) is 7.11 Å². The topological polar surface area (TPSA) is 48.3 Å². The van der Waals surface area contributed by atoms with Crippen LogP contribution in [0.1, 0.15) is 6.42 Å². The Morgan fingerprint density at radius 2 is 1.84 bits per heavy atom. The molecule has 0 fully saturated rings. The number of esters is 1. The van der Waals surface area contributed by atoms with Gasteiger partial charge in [-0.05, 0) is 17.2 Å². The van der Waals surface area contributed by atoms with Gasteiger partial charge in [0, 0.05) is 18.8 Å². The van der Waals surface area contributed by atoms with Gasteiger partial charge in [0.25, 0.3) is 5.56 Å². The minimum atomic E-state index is -0.322. The first-order chi connectivity index (χ1) is 9.20. The molecule has 4 heteroatoms. The molecule has 0 N–H and O–H groups in total. The second kappa shape index (κ2) is 6.00. The maximum absolute atomic E-state index is 11.7. The van der Waals surface area contributed by atoms with Gasteiger partial charge in [0.05, 0.1) is 13.5 Å². The van der Waals surface area contributed by atoms with Crippen LogP contribution in [0.2, 0.25) is 0 Å². The van der Waals surface area contributed by atoms with Crippen molar-refractivity contribution in [2.24, 2.45) is 0 Å². The van der Waals surface area contributed by atoms with E-state index in [1.165, 1.54) is 17.7 Å². The van der Waals surface area contributed by atoms with Crippen LogP contribution in [0.5, 0.6) is 0 Å². The van der Waals surface area contributed by atoms with E-state index in [0.29, 0.717) is 6.54 Å². The van der Waals surface area contributed by atoms with E-state index >= 15 is 0 Å². The maximum Gasteiger partial charge on any atom is 0.307 e. The Labute approximate surface area is 111 Å². The highest BCUT2D eigenvalue weighted by Crippen LogP contribution is 2.16. The summed E-state index contributed by atoms with van der Waals surface area (Å²) in [6.07, 6.45) is 1.95. The lowest BCUT2D eigenvalue weighted by atomic mass is 10.1. The highest BCUT2D eigenvalue weighted by molar-refractivity contribution is 5.69. The van der Waals surface area contributed by atoms with Gasteiger partial charge in [-0.25, -0.2) is 0 Å². The second-order valence-electron chi connectivity index (χ2n) is 4.14. The zero-order valence-electron chi connectivity index (χ0n) is 10.7. The molecule has 2 aromatic rings. The summed E-state index contributed by atoms with van der Waals surface area (Å²) in [5, 5.41) is 0. The summed E-state index contributed by atoms with van der Waals surface area (Å²) in [7, 11) is 1.34. The molecule has 0 saturated carbocycles. The van der Waals surface area contributed by atoms with E-state index in [2.05, 4.69) is 4.74 Å². The van der Waals surface area contributed by atoms with Crippen molar-refractivity contribution in [3.05, 3.63) is 59.0 Å². The fraction of sp³-hybridized carbons (Fsp3) is 0.200. The first-order valence-corrected chi connectivity index (χ1v) is 6.03. The molecule has 0 bridgehead atoms. The Balaban J connectivity index is 2.25. The molecular formula is C15H15NO3. The van der Waals surface area contributed by atoms with Crippen LogP contribution >= 0.6 is 0 Å². The zero-order chi connectivity index (χ0) is 13.7. The molecule has 0 radical (unpaired) electrons. The number of nitrogens with zero attached hydrogens (tertiary/aromatic N) is 1. The third-order valence-corrected chi connectivity index (χ3v) is 2.88. The van der Waals surface area contributed by atoms with Crippen LogP contribution in [0.4, 0.5) is 0 Å². The van der Waals surface area contributed by atoms with Crippen molar-refractivity contribution in [3.8, 4) is 11.1 Å². The quantitative estimate of drug-likeness (QED) is 0.788. The molecule has 0 atom stereocenters. The number of aryl methyl sites for hydroxylation is 1. The van der Waals surface area contributed by atoms with Gasteiger partial charge in [0.1, 0.15) is 0 Å². The van der Waals surface area contributed by atoms with Crippen molar-refractivity contribution in [3.63, 3.8) is 0 Å². The van der Waals surface area contributed by atoms with Crippen molar-refractivity contribution in [1.29, 1.82) is 0 Å². The van der Waals surface area contributed by atoms with Crippen LogP contribution in [0.25, 0.3) is 11.1 Å². The fourth-order valence-corrected chi connectivity index (χ4v) is 1.82. The smallest absolute Gasteiger partial charge is 0.307 e. The van der Waals surface area contributed by atoms with Gasteiger partial charge in [-0.15, -0.1) is 0 Å². The molecule has 98 valence electrons. The van der Waals surface area contributed by atoms with Gasteiger partial charge in [0.2, 0.25) is 0 Å². The first-order valence-electron chi connectivity index (χ1n) is 6.03. The van der Waals surface area contributed by atoms with Gasteiger partial charge in [-0.1, -0.05) is 30.3 Å². The molecule has 0 unspecified atom stereocenters. The summed E-state index contributed by atoms with van der Waals surface area (Å²) < 4.78 is 6.10. The number of aromatic nitrogens is 1. The molecule has 1 aromatic heterocycles. The monoisotopic (exact) mass is 257 g/mol. The van der Waals surface area contributed by atoms with Crippen LogP contribution < -0.4 is 5.56 Å². The molecule has 1 heterocycles. The van der Waals surface area contributed by atoms with Gasteiger partial charge >= 0.3 is 5.97 Å². The number of pyridine rings is 1. The van der Waals surface area contributed by atoms with Crippen LogP contribution in [-0.2, 0) is 16.1 Å². The minimum Gasteiger partial charge on any atom is -0.469 e. The minimum absolute atomic E-state index is 0.122. The predicted molar refractivity (Wildman–Crippen MR) is 72.8 cm³/mol. The molecule has 0 aliphatic heterocycles. The van der Waals surface area contributed by atoms with Crippen molar-refractivity contribution in [2.45, 2.75) is 13.0 Å². The summed E-state index contributed by atoms with van der Waals surface area (Å²) in [6.45, 7) is 0.326. The molecule has 4 nitrogen and oxygen atoms in total. The predicted octanol–water partition coefficient (Wildman–Crippen LogP) is 2.08. The van der Waals surface area contributed by atoms with Crippen LogP contribution in [0.15, 0.2) is 53.5 Å². The number of ether oxygens (including phenoxy) is 1. The summed E-state index contributed by atoms with van der Waals surface area (Å²) in [6, 6.07) is 13.1. The van der Waals surface area contributed by atoms with E-state index in [1.54, 1.807) is 12.3 Å². The average molecular weight is 257 g/mol. The van der Waals surface area contributed by atoms with Gasteiger partial charge < -0.3 is 9.30 Å². The molecule has 0 aliphatic carbocycles. The number of hydrogen-bond donors (Lipinski definition) is 0. The molecule has 2 rings (SSSR count). The van der Waals surface area contributed by atoms with E-state index in [1.807, 2.05) is 30.3 Å². The maximum atomic E-state index is 11.7. The van der Waals surface area contributed by atoms with E-state index < -0.39 is 0 Å². The number of methoxy groups -OCH3 is 1. The largest absolute Gasteiger partial charge is 0.469 e. The Morgan fingerprint density at radius 1 is 1.11 bits per heavy atom. The number of hydrogen-bond acceptors (Lipinski definition) is 3. The normalized spacial score (nSPS) is 10.2. The SMILES string of the molecule is COC(=O)CCn1cc(-c2ccccc2)ccc1=O. The fourth-order valence-electron chi connectivity index (χ4n) is 1.82. The van der Waals surface area contributed by atoms with Gasteiger partial charge in [0.15, 0.2) is 0 Å². The highest BCUT2D eigenvalue weighted by Gasteiger charge is 2.04. The number of carbonyl (C=O) groups is 1. The third-order valence-electron chi connectivity index (χ3n) is 2.88. The third kappa shape index (κ3) is 3.31. The highest BCUT2D eigenvalue weighted by atomic mass is 16.5. The Morgan fingerprint density at radius 3 is 2.53 bits per heavy atom. The molecule has 0 spiro atoms. The van der Waals surface area contributed by atoms with E-state index in [-0.39, 0.29) is 17.9 Å².